The molecule has 1 aromatic carbocycles. The van der Waals surface area contributed by atoms with E-state index in [2.05, 4.69) is 22.3 Å². The van der Waals surface area contributed by atoms with Gasteiger partial charge in [-0.25, -0.2) is 0 Å². The molecule has 0 saturated carbocycles. The van der Waals surface area contributed by atoms with E-state index in [-0.39, 0.29) is 0 Å². The summed E-state index contributed by atoms with van der Waals surface area (Å²) in [6.07, 6.45) is 0. The molecule has 0 aromatic heterocycles. The fourth-order valence-electron chi connectivity index (χ4n) is 1.82. The van der Waals surface area contributed by atoms with Crippen LogP contribution in [0.1, 0.15) is 5.56 Å². The minimum Gasteiger partial charge on any atom is -0.295 e. The molecule has 0 radical (unpaired) electrons. The maximum atomic E-state index is 10.3. The van der Waals surface area contributed by atoms with E-state index in [1.807, 2.05) is 18.2 Å². The lowest BCUT2D eigenvalue weighted by atomic mass is 10.1. The summed E-state index contributed by atoms with van der Waals surface area (Å²) in [5.74, 6) is 0. The highest BCUT2D eigenvalue weighted by Crippen LogP contribution is 2.16. The molecule has 1 saturated heterocycles. The van der Waals surface area contributed by atoms with Crippen LogP contribution in [0.25, 0.3) is 0 Å². The lowest BCUT2D eigenvalue weighted by Gasteiger charge is -2.41. The Kier molecular flexibility index (Phi) is 2.97. The highest BCUT2D eigenvalue weighted by atomic mass is 16.3. The van der Waals surface area contributed by atoms with Gasteiger partial charge in [0.2, 0.25) is 0 Å². The molecule has 1 heterocycles. The molecule has 1 aliphatic heterocycles. The molecule has 0 spiro atoms. The first-order valence-corrected chi connectivity index (χ1v) is 5.12. The van der Waals surface area contributed by atoms with Gasteiger partial charge in [0.1, 0.15) is 0 Å². The minimum atomic E-state index is 0.297. The Morgan fingerprint density at radius 1 is 1.40 bits per heavy atom. The van der Waals surface area contributed by atoms with Gasteiger partial charge in [-0.05, 0) is 5.56 Å². The second kappa shape index (κ2) is 4.40. The predicted octanol–water partition coefficient (Wildman–Crippen LogP) is 1.48. The van der Waals surface area contributed by atoms with Gasteiger partial charge in [-0.15, -0.1) is 4.91 Å². The zero-order valence-electron chi connectivity index (χ0n) is 8.84. The van der Waals surface area contributed by atoms with Crippen molar-refractivity contribution in [2.24, 2.45) is 5.29 Å². The summed E-state index contributed by atoms with van der Waals surface area (Å²) in [5, 5.41) is 4.41. The summed E-state index contributed by atoms with van der Waals surface area (Å²) in [6, 6.07) is 10.7. The first kappa shape index (κ1) is 10.1. The van der Waals surface area contributed by atoms with Crippen LogP contribution >= 0.6 is 0 Å². The summed E-state index contributed by atoms with van der Waals surface area (Å²) in [4.78, 5) is 12.6. The summed E-state index contributed by atoms with van der Waals surface area (Å²) in [5.41, 5.74) is 1.32. The summed E-state index contributed by atoms with van der Waals surface area (Å²) in [6.45, 7) is 2.82. The van der Waals surface area contributed by atoms with Gasteiger partial charge in [0.15, 0.2) is 0 Å². The van der Waals surface area contributed by atoms with Crippen molar-refractivity contribution in [3.8, 4) is 0 Å². The van der Waals surface area contributed by atoms with Gasteiger partial charge in [0.25, 0.3) is 0 Å². The number of likely N-dealkylation sites (tertiary alicyclic amines) is 1. The molecule has 0 atom stereocenters. The van der Waals surface area contributed by atoms with Crippen LogP contribution in [0.5, 0.6) is 0 Å². The quantitative estimate of drug-likeness (QED) is 0.552. The molecule has 2 rings (SSSR count). The maximum Gasteiger partial charge on any atom is 0.0753 e. The molecular weight excluding hydrogens is 190 g/mol. The molecule has 1 aliphatic rings. The Balaban J connectivity index is 1.79. The van der Waals surface area contributed by atoms with Crippen LogP contribution in [0.3, 0.4) is 0 Å². The van der Waals surface area contributed by atoms with Crippen molar-refractivity contribution < 1.29 is 0 Å². The van der Waals surface area contributed by atoms with Crippen LogP contribution in [0.4, 0.5) is 0 Å². The van der Waals surface area contributed by atoms with Gasteiger partial charge >= 0.3 is 0 Å². The van der Waals surface area contributed by atoms with Crippen molar-refractivity contribution in [1.29, 1.82) is 0 Å². The van der Waals surface area contributed by atoms with Gasteiger partial charge in [-0.1, -0.05) is 30.3 Å². The van der Waals surface area contributed by atoms with E-state index in [4.69, 9.17) is 0 Å². The molecule has 0 amide bonds. The number of likely N-dealkylation sites (N-methyl/N-ethyl adjacent to an activating group) is 1. The molecule has 0 N–H and O–H groups in total. The van der Waals surface area contributed by atoms with E-state index in [9.17, 15) is 4.91 Å². The van der Waals surface area contributed by atoms with Crippen molar-refractivity contribution in [2.45, 2.75) is 12.6 Å². The van der Waals surface area contributed by atoms with E-state index in [0.29, 0.717) is 6.04 Å². The van der Waals surface area contributed by atoms with E-state index in [1.54, 1.807) is 7.05 Å². The van der Waals surface area contributed by atoms with Crippen LogP contribution in [-0.2, 0) is 6.54 Å². The molecule has 4 nitrogen and oxygen atoms in total. The van der Waals surface area contributed by atoms with Gasteiger partial charge in [0, 0.05) is 26.7 Å². The zero-order valence-corrected chi connectivity index (χ0v) is 8.84. The van der Waals surface area contributed by atoms with Crippen molar-refractivity contribution in [1.82, 2.24) is 9.91 Å². The molecule has 1 aromatic rings. The van der Waals surface area contributed by atoms with Crippen molar-refractivity contribution in [2.75, 3.05) is 20.1 Å². The Bertz CT molecular complexity index is 322. The second-order valence-electron chi connectivity index (χ2n) is 3.99. The zero-order chi connectivity index (χ0) is 10.7. The number of benzene rings is 1. The molecule has 0 aliphatic carbocycles. The average molecular weight is 205 g/mol. The Morgan fingerprint density at radius 2 is 2.07 bits per heavy atom. The molecule has 1 fully saturated rings. The van der Waals surface area contributed by atoms with Gasteiger partial charge in [0.05, 0.1) is 11.3 Å². The number of rotatable bonds is 4. The number of nitrogens with zero attached hydrogens (tertiary/aromatic N) is 3. The smallest absolute Gasteiger partial charge is 0.0753 e. The Hall–Kier alpha value is -1.42. The van der Waals surface area contributed by atoms with Crippen LogP contribution < -0.4 is 0 Å². The van der Waals surface area contributed by atoms with E-state index in [1.165, 1.54) is 10.6 Å². The van der Waals surface area contributed by atoms with Crippen molar-refractivity contribution >= 4 is 0 Å². The van der Waals surface area contributed by atoms with Gasteiger partial charge < -0.3 is 0 Å². The van der Waals surface area contributed by atoms with Crippen LogP contribution in [0, 0.1) is 4.91 Å². The van der Waals surface area contributed by atoms with E-state index < -0.39 is 0 Å². The number of nitroso groups, excluding NO2 is 1. The van der Waals surface area contributed by atoms with E-state index >= 15 is 0 Å². The molecule has 0 bridgehead atoms. The molecule has 80 valence electrons. The third-order valence-electron chi connectivity index (χ3n) is 2.84. The standard InChI is InChI=1S/C11H15N3O/c1-13(12-15)11-8-14(9-11)7-10-5-3-2-4-6-10/h2-6,11H,7-9H2,1H3. The van der Waals surface area contributed by atoms with Gasteiger partial charge in [-0.2, -0.15) is 0 Å². The first-order valence-electron chi connectivity index (χ1n) is 5.12. The fourth-order valence-corrected chi connectivity index (χ4v) is 1.82. The highest BCUT2D eigenvalue weighted by molar-refractivity contribution is 5.15. The normalized spacial score (nSPS) is 17.1. The Labute approximate surface area is 89.4 Å². The molecule has 4 heteroatoms. The van der Waals surface area contributed by atoms with Crippen LogP contribution in [0.15, 0.2) is 35.6 Å². The maximum absolute atomic E-state index is 10.3. The highest BCUT2D eigenvalue weighted by Gasteiger charge is 2.29. The predicted molar refractivity (Wildman–Crippen MR) is 59.1 cm³/mol. The monoisotopic (exact) mass is 205 g/mol. The van der Waals surface area contributed by atoms with Crippen molar-refractivity contribution in [3.05, 3.63) is 40.8 Å². The van der Waals surface area contributed by atoms with E-state index in [0.717, 1.165) is 19.6 Å². The number of hydrogen-bond donors (Lipinski definition) is 0. The van der Waals surface area contributed by atoms with Crippen LogP contribution in [0.2, 0.25) is 0 Å². The fraction of sp³-hybridized carbons (Fsp3) is 0.455. The second-order valence-corrected chi connectivity index (χ2v) is 3.99. The third-order valence-corrected chi connectivity index (χ3v) is 2.84. The summed E-state index contributed by atoms with van der Waals surface area (Å²) >= 11 is 0. The third kappa shape index (κ3) is 2.33. The average Bonchev–Trinajstić information content (AvgIpc) is 2.23. The van der Waals surface area contributed by atoms with Crippen LogP contribution in [-0.4, -0.2) is 36.1 Å². The molecule has 15 heavy (non-hydrogen) atoms. The lowest BCUT2D eigenvalue weighted by molar-refractivity contribution is 0.0440. The largest absolute Gasteiger partial charge is 0.295 e. The molecular formula is C11H15N3O. The number of hydrogen-bond acceptors (Lipinski definition) is 3. The molecule has 0 unspecified atom stereocenters. The summed E-state index contributed by atoms with van der Waals surface area (Å²) < 4.78 is 0. The first-order chi connectivity index (χ1) is 7.29. The summed E-state index contributed by atoms with van der Waals surface area (Å²) in [7, 11) is 1.73. The Morgan fingerprint density at radius 3 is 2.67 bits per heavy atom. The van der Waals surface area contributed by atoms with Crippen molar-refractivity contribution in [3.63, 3.8) is 0 Å². The van der Waals surface area contributed by atoms with Gasteiger partial charge in [-0.3, -0.25) is 9.91 Å². The topological polar surface area (TPSA) is 35.9 Å². The minimum absolute atomic E-state index is 0.297. The lowest BCUT2D eigenvalue weighted by Crippen LogP contribution is -2.56. The SMILES string of the molecule is CN(N=O)C1CN(Cc2ccccc2)C1.